The van der Waals surface area contributed by atoms with E-state index >= 15 is 0 Å². The number of carbonyl (C=O) groups excluding carboxylic acids is 1. The molecule has 0 saturated heterocycles. The third-order valence-corrected chi connectivity index (χ3v) is 2.44. The van der Waals surface area contributed by atoms with Crippen molar-refractivity contribution in [3.8, 4) is 5.75 Å². The Labute approximate surface area is 97.6 Å². The van der Waals surface area contributed by atoms with E-state index in [1.165, 1.54) is 0 Å². The molecular weight excluding hydrogens is 200 g/mol. The summed E-state index contributed by atoms with van der Waals surface area (Å²) < 4.78 is 5.65. The maximum Gasteiger partial charge on any atom is 0.160 e. The number of rotatable bonds is 4. The van der Waals surface area contributed by atoms with E-state index in [0.717, 1.165) is 22.4 Å². The van der Waals surface area contributed by atoms with Crippen molar-refractivity contribution in [1.29, 1.82) is 0 Å². The van der Waals surface area contributed by atoms with Gasteiger partial charge in [0, 0.05) is 5.56 Å². The molecule has 0 N–H and O–H groups in total. The molecule has 0 radical (unpaired) electrons. The van der Waals surface area contributed by atoms with Crippen LogP contribution in [-0.2, 0) is 0 Å². The van der Waals surface area contributed by atoms with Crippen molar-refractivity contribution in [3.63, 3.8) is 0 Å². The van der Waals surface area contributed by atoms with Crippen molar-refractivity contribution < 1.29 is 9.53 Å². The smallest absolute Gasteiger partial charge is 0.160 e. The van der Waals surface area contributed by atoms with Crippen LogP contribution in [-0.4, -0.2) is 12.4 Å². The van der Waals surface area contributed by atoms with Gasteiger partial charge in [0.1, 0.15) is 5.75 Å². The molecule has 0 aliphatic rings. The third kappa shape index (κ3) is 3.09. The topological polar surface area (TPSA) is 26.3 Å². The molecule has 0 saturated carbocycles. The van der Waals surface area contributed by atoms with E-state index < -0.39 is 0 Å². The summed E-state index contributed by atoms with van der Waals surface area (Å²) in [5, 5.41) is 0. The number of aryl methyl sites for hydroxylation is 2. The van der Waals surface area contributed by atoms with Crippen LogP contribution >= 0.6 is 0 Å². The summed E-state index contributed by atoms with van der Waals surface area (Å²) in [4.78, 5) is 11.4. The summed E-state index contributed by atoms with van der Waals surface area (Å²) >= 11 is 0. The minimum atomic E-state index is 0.116. The summed E-state index contributed by atoms with van der Waals surface area (Å²) in [5.41, 5.74) is 2.80. The molecule has 0 aliphatic heterocycles. The normalized spacial score (nSPS) is 10.6. The van der Waals surface area contributed by atoms with Gasteiger partial charge in [0.15, 0.2) is 5.78 Å². The first-order chi connectivity index (χ1) is 7.41. The third-order valence-electron chi connectivity index (χ3n) is 2.44. The standard InChI is InChI=1S/C14H20O2/c1-9(2)8-16-13-6-10(3)14(12(5)15)11(4)7-13/h6-7,9H,8H2,1-5H3. The molecule has 16 heavy (non-hydrogen) atoms. The molecule has 0 fully saturated rings. The zero-order valence-corrected chi connectivity index (χ0v) is 10.8. The van der Waals surface area contributed by atoms with E-state index in [1.807, 2.05) is 26.0 Å². The van der Waals surface area contributed by atoms with Crippen molar-refractivity contribution >= 4 is 5.78 Å². The summed E-state index contributed by atoms with van der Waals surface area (Å²) in [6.07, 6.45) is 0. The summed E-state index contributed by atoms with van der Waals surface area (Å²) in [6, 6.07) is 3.87. The fourth-order valence-electron chi connectivity index (χ4n) is 1.83. The summed E-state index contributed by atoms with van der Waals surface area (Å²) in [5.74, 6) is 1.48. The number of ether oxygens (including phenoxy) is 1. The van der Waals surface area contributed by atoms with Gasteiger partial charge in [-0.2, -0.15) is 0 Å². The van der Waals surface area contributed by atoms with Crippen molar-refractivity contribution in [2.24, 2.45) is 5.92 Å². The van der Waals surface area contributed by atoms with Gasteiger partial charge in [-0.25, -0.2) is 0 Å². The number of carbonyl (C=O) groups is 1. The number of Topliss-reactive ketones (excluding diaryl/α,β-unsaturated/α-hetero) is 1. The van der Waals surface area contributed by atoms with Crippen LogP contribution in [0.25, 0.3) is 0 Å². The van der Waals surface area contributed by atoms with Gasteiger partial charge in [-0.05, 0) is 49.9 Å². The number of benzene rings is 1. The molecule has 0 aromatic heterocycles. The Hall–Kier alpha value is -1.31. The van der Waals surface area contributed by atoms with E-state index in [0.29, 0.717) is 12.5 Å². The molecule has 1 rings (SSSR count). The van der Waals surface area contributed by atoms with Crippen molar-refractivity contribution in [2.45, 2.75) is 34.6 Å². The molecule has 0 amide bonds. The lowest BCUT2D eigenvalue weighted by molar-refractivity contribution is 0.101. The van der Waals surface area contributed by atoms with Gasteiger partial charge in [0.25, 0.3) is 0 Å². The fraction of sp³-hybridized carbons (Fsp3) is 0.500. The van der Waals surface area contributed by atoms with Crippen LogP contribution in [0.5, 0.6) is 5.75 Å². The van der Waals surface area contributed by atoms with Gasteiger partial charge in [-0.3, -0.25) is 4.79 Å². The van der Waals surface area contributed by atoms with E-state index in [2.05, 4.69) is 13.8 Å². The van der Waals surface area contributed by atoms with Crippen LogP contribution < -0.4 is 4.74 Å². The minimum absolute atomic E-state index is 0.116. The molecule has 1 aromatic rings. The first-order valence-corrected chi connectivity index (χ1v) is 5.66. The molecule has 0 unspecified atom stereocenters. The molecule has 1 aromatic carbocycles. The number of hydrogen-bond acceptors (Lipinski definition) is 2. The molecule has 2 nitrogen and oxygen atoms in total. The lowest BCUT2D eigenvalue weighted by atomic mass is 9.99. The Morgan fingerprint density at radius 2 is 1.75 bits per heavy atom. The average molecular weight is 220 g/mol. The fourth-order valence-corrected chi connectivity index (χ4v) is 1.83. The second kappa shape index (κ2) is 5.15. The van der Waals surface area contributed by atoms with E-state index in [4.69, 9.17) is 4.74 Å². The van der Waals surface area contributed by atoms with Crippen molar-refractivity contribution in [1.82, 2.24) is 0 Å². The average Bonchev–Trinajstić information content (AvgIpc) is 2.12. The monoisotopic (exact) mass is 220 g/mol. The van der Waals surface area contributed by atoms with Crippen LogP contribution in [0.4, 0.5) is 0 Å². The zero-order valence-electron chi connectivity index (χ0n) is 10.8. The molecule has 0 bridgehead atoms. The highest BCUT2D eigenvalue weighted by Gasteiger charge is 2.10. The molecule has 0 atom stereocenters. The lowest BCUT2D eigenvalue weighted by Crippen LogP contribution is -2.06. The highest BCUT2D eigenvalue weighted by molar-refractivity contribution is 5.97. The van der Waals surface area contributed by atoms with Gasteiger partial charge < -0.3 is 4.74 Å². The SMILES string of the molecule is CC(=O)c1c(C)cc(OCC(C)C)cc1C. The van der Waals surface area contributed by atoms with Crippen LogP contribution in [0, 0.1) is 19.8 Å². The van der Waals surface area contributed by atoms with Gasteiger partial charge in [-0.1, -0.05) is 13.8 Å². The molecule has 0 aliphatic carbocycles. The number of hydrogen-bond donors (Lipinski definition) is 0. The van der Waals surface area contributed by atoms with Gasteiger partial charge in [0.05, 0.1) is 6.61 Å². The number of ketones is 1. The van der Waals surface area contributed by atoms with Crippen molar-refractivity contribution in [3.05, 3.63) is 28.8 Å². The first-order valence-electron chi connectivity index (χ1n) is 5.66. The largest absolute Gasteiger partial charge is 0.493 e. The predicted octanol–water partition coefficient (Wildman–Crippen LogP) is 3.54. The van der Waals surface area contributed by atoms with E-state index in [1.54, 1.807) is 6.92 Å². The highest BCUT2D eigenvalue weighted by Crippen LogP contribution is 2.22. The first kappa shape index (κ1) is 12.8. The Kier molecular flexibility index (Phi) is 4.11. The lowest BCUT2D eigenvalue weighted by Gasteiger charge is -2.13. The van der Waals surface area contributed by atoms with Gasteiger partial charge >= 0.3 is 0 Å². The molecule has 2 heteroatoms. The summed E-state index contributed by atoms with van der Waals surface area (Å²) in [7, 11) is 0. The van der Waals surface area contributed by atoms with Gasteiger partial charge in [0.2, 0.25) is 0 Å². The highest BCUT2D eigenvalue weighted by atomic mass is 16.5. The molecular formula is C14H20O2. The predicted molar refractivity (Wildman–Crippen MR) is 66.3 cm³/mol. The second-order valence-electron chi connectivity index (χ2n) is 4.69. The second-order valence-corrected chi connectivity index (χ2v) is 4.69. The van der Waals surface area contributed by atoms with Crippen molar-refractivity contribution in [2.75, 3.05) is 6.61 Å². The zero-order chi connectivity index (χ0) is 12.3. The Morgan fingerprint density at radius 3 is 2.12 bits per heavy atom. The summed E-state index contributed by atoms with van der Waals surface area (Å²) in [6.45, 7) is 10.4. The van der Waals surface area contributed by atoms with Crippen LogP contribution in [0.3, 0.4) is 0 Å². The Balaban J connectivity index is 2.96. The van der Waals surface area contributed by atoms with E-state index in [9.17, 15) is 4.79 Å². The Bertz CT molecular complexity index is 369. The molecule has 0 heterocycles. The van der Waals surface area contributed by atoms with Crippen LogP contribution in [0.1, 0.15) is 42.3 Å². The minimum Gasteiger partial charge on any atom is -0.493 e. The molecule has 0 spiro atoms. The van der Waals surface area contributed by atoms with Crippen LogP contribution in [0.2, 0.25) is 0 Å². The maximum absolute atomic E-state index is 11.4. The van der Waals surface area contributed by atoms with Crippen LogP contribution in [0.15, 0.2) is 12.1 Å². The molecule has 88 valence electrons. The maximum atomic E-state index is 11.4. The van der Waals surface area contributed by atoms with E-state index in [-0.39, 0.29) is 5.78 Å². The quantitative estimate of drug-likeness (QED) is 0.725. The van der Waals surface area contributed by atoms with Gasteiger partial charge in [-0.15, -0.1) is 0 Å². The Morgan fingerprint density at radius 1 is 1.25 bits per heavy atom.